The molecule has 0 spiro atoms. The van der Waals surface area contributed by atoms with Crippen LogP contribution in [0.1, 0.15) is 24.0 Å². The third-order valence-corrected chi connectivity index (χ3v) is 6.86. The highest BCUT2D eigenvalue weighted by Gasteiger charge is 2.25. The van der Waals surface area contributed by atoms with Gasteiger partial charge in [-0.1, -0.05) is 45.7 Å². The van der Waals surface area contributed by atoms with Crippen LogP contribution in [-0.2, 0) is 17.1 Å². The molecule has 1 unspecified atom stereocenters. The molecule has 1 atom stereocenters. The number of likely N-dealkylation sites (tertiary alicyclic amines) is 1. The van der Waals surface area contributed by atoms with E-state index in [2.05, 4.69) is 38.3 Å². The Balaban J connectivity index is 1.39. The summed E-state index contributed by atoms with van der Waals surface area (Å²) in [4.78, 5) is 14.9. The molecule has 1 aliphatic rings. The molecule has 1 fully saturated rings. The molecule has 0 radical (unpaired) electrons. The average molecular weight is 500 g/mol. The van der Waals surface area contributed by atoms with E-state index < -0.39 is 0 Å². The highest BCUT2D eigenvalue weighted by atomic mass is 79.9. The summed E-state index contributed by atoms with van der Waals surface area (Å²) in [5.74, 6) is 1.10. The van der Waals surface area contributed by atoms with Crippen LogP contribution in [0.3, 0.4) is 0 Å². The maximum atomic E-state index is 13.8. The van der Waals surface area contributed by atoms with Crippen molar-refractivity contribution in [2.24, 2.45) is 5.92 Å². The number of benzene rings is 2. The predicted molar refractivity (Wildman–Crippen MR) is 123 cm³/mol. The minimum Gasteiger partial charge on any atom is -0.355 e. The molecule has 3 rings (SSSR count). The molecule has 2 aromatic carbocycles. The van der Waals surface area contributed by atoms with Crippen LogP contribution in [0.5, 0.6) is 0 Å². The van der Waals surface area contributed by atoms with Gasteiger partial charge in [-0.05, 0) is 49.2 Å². The number of nitrogens with zero attached hydrogens (tertiary/aromatic N) is 1. The van der Waals surface area contributed by atoms with Gasteiger partial charge < -0.3 is 5.32 Å². The molecule has 0 saturated carbocycles. The highest BCUT2D eigenvalue weighted by Crippen LogP contribution is 2.24. The van der Waals surface area contributed by atoms with Crippen LogP contribution in [-0.4, -0.2) is 36.2 Å². The molecule has 2 aromatic rings. The van der Waals surface area contributed by atoms with Gasteiger partial charge in [0.05, 0.1) is 5.92 Å². The minimum atomic E-state index is -0.276. The maximum Gasteiger partial charge on any atom is 0.224 e. The first kappa shape index (κ1) is 22.6. The van der Waals surface area contributed by atoms with Crippen molar-refractivity contribution in [1.82, 2.24) is 10.2 Å². The summed E-state index contributed by atoms with van der Waals surface area (Å²) in [6, 6.07) is 13.0. The summed E-state index contributed by atoms with van der Waals surface area (Å²) in [6.45, 7) is 3.26. The molecule has 156 valence electrons. The van der Waals surface area contributed by atoms with Crippen LogP contribution < -0.4 is 5.32 Å². The lowest BCUT2D eigenvalue weighted by Gasteiger charge is -2.32. The van der Waals surface area contributed by atoms with Crippen molar-refractivity contribution in [3.05, 3.63) is 68.9 Å². The van der Waals surface area contributed by atoms with E-state index in [1.165, 1.54) is 11.6 Å². The molecular weight excluding hydrogens is 475 g/mol. The largest absolute Gasteiger partial charge is 0.355 e. The van der Waals surface area contributed by atoms with Gasteiger partial charge in [0.1, 0.15) is 5.82 Å². The molecule has 29 heavy (non-hydrogen) atoms. The van der Waals surface area contributed by atoms with E-state index >= 15 is 0 Å². The number of halogens is 3. The van der Waals surface area contributed by atoms with Gasteiger partial charge in [0.15, 0.2) is 0 Å². The Bertz CT molecular complexity index is 818. The number of hydrogen-bond acceptors (Lipinski definition) is 3. The highest BCUT2D eigenvalue weighted by molar-refractivity contribution is 9.10. The summed E-state index contributed by atoms with van der Waals surface area (Å²) in [5.41, 5.74) is 1.78. The zero-order chi connectivity index (χ0) is 20.6. The van der Waals surface area contributed by atoms with Crippen molar-refractivity contribution in [3.63, 3.8) is 0 Å². The van der Waals surface area contributed by atoms with Crippen molar-refractivity contribution in [3.8, 4) is 0 Å². The molecule has 7 heteroatoms. The van der Waals surface area contributed by atoms with Crippen molar-refractivity contribution >= 4 is 45.2 Å². The molecule has 3 nitrogen and oxygen atoms in total. The Morgan fingerprint density at radius 1 is 1.31 bits per heavy atom. The molecular formula is C22H25BrClFN2OS. The predicted octanol–water partition coefficient (Wildman–Crippen LogP) is 5.50. The molecule has 0 aliphatic carbocycles. The monoisotopic (exact) mass is 498 g/mol. The fourth-order valence-corrected chi connectivity index (χ4v) is 5.19. The first-order valence-electron chi connectivity index (χ1n) is 9.78. The Morgan fingerprint density at radius 2 is 2.14 bits per heavy atom. The van der Waals surface area contributed by atoms with Gasteiger partial charge in [-0.15, -0.1) is 0 Å². The van der Waals surface area contributed by atoms with Crippen molar-refractivity contribution < 1.29 is 9.18 Å². The fourth-order valence-electron chi connectivity index (χ4n) is 3.54. The molecule has 1 heterocycles. The van der Waals surface area contributed by atoms with Crippen molar-refractivity contribution in [1.29, 1.82) is 0 Å². The molecule has 1 N–H and O–H groups in total. The van der Waals surface area contributed by atoms with E-state index in [4.69, 9.17) is 11.6 Å². The summed E-state index contributed by atoms with van der Waals surface area (Å²) in [7, 11) is 0. The van der Waals surface area contributed by atoms with Gasteiger partial charge in [-0.3, -0.25) is 9.69 Å². The lowest BCUT2D eigenvalue weighted by molar-refractivity contribution is -0.126. The van der Waals surface area contributed by atoms with Crippen LogP contribution >= 0.6 is 39.3 Å². The van der Waals surface area contributed by atoms with Gasteiger partial charge >= 0.3 is 0 Å². The first-order chi connectivity index (χ1) is 14.0. The molecule has 0 aromatic heterocycles. The van der Waals surface area contributed by atoms with E-state index in [0.717, 1.165) is 42.7 Å². The second-order valence-corrected chi connectivity index (χ2v) is 9.68. The van der Waals surface area contributed by atoms with Gasteiger partial charge in [0.25, 0.3) is 0 Å². The Hall–Kier alpha value is -1.08. The number of nitrogens with one attached hydrogen (secondary N) is 1. The molecule has 1 amide bonds. The van der Waals surface area contributed by atoms with E-state index in [0.29, 0.717) is 22.9 Å². The second kappa shape index (κ2) is 11.3. The lowest BCUT2D eigenvalue weighted by Crippen LogP contribution is -2.43. The summed E-state index contributed by atoms with van der Waals surface area (Å²) < 4.78 is 14.9. The smallest absolute Gasteiger partial charge is 0.224 e. The van der Waals surface area contributed by atoms with Gasteiger partial charge in [-0.2, -0.15) is 11.8 Å². The molecule has 1 saturated heterocycles. The maximum absolute atomic E-state index is 13.8. The third kappa shape index (κ3) is 6.99. The summed E-state index contributed by atoms with van der Waals surface area (Å²) >= 11 is 11.1. The number of piperidine rings is 1. The fraction of sp³-hybridized carbons (Fsp3) is 0.409. The van der Waals surface area contributed by atoms with E-state index in [1.807, 2.05) is 12.1 Å². The van der Waals surface area contributed by atoms with E-state index in [-0.39, 0.29) is 17.6 Å². The second-order valence-electron chi connectivity index (χ2n) is 7.25. The van der Waals surface area contributed by atoms with Gasteiger partial charge in [-0.25, -0.2) is 4.39 Å². The van der Waals surface area contributed by atoms with Crippen LogP contribution in [0.15, 0.2) is 46.9 Å². The number of carbonyl (C=O) groups is 1. The minimum absolute atomic E-state index is 0.0296. The zero-order valence-corrected chi connectivity index (χ0v) is 19.3. The number of rotatable bonds is 8. The van der Waals surface area contributed by atoms with E-state index in [1.54, 1.807) is 23.9 Å². The first-order valence-corrected chi connectivity index (χ1v) is 12.1. The normalized spacial score (nSPS) is 17.3. The number of amides is 1. The Labute approximate surface area is 189 Å². The van der Waals surface area contributed by atoms with Gasteiger partial charge in [0, 0.05) is 46.2 Å². The summed E-state index contributed by atoms with van der Waals surface area (Å²) in [5, 5.41) is 3.49. The average Bonchev–Trinajstić information content (AvgIpc) is 2.70. The number of thioether (sulfide) groups is 1. The molecule has 1 aliphatic heterocycles. The van der Waals surface area contributed by atoms with Crippen LogP contribution in [0.2, 0.25) is 5.02 Å². The van der Waals surface area contributed by atoms with E-state index in [9.17, 15) is 9.18 Å². The van der Waals surface area contributed by atoms with Crippen LogP contribution in [0, 0.1) is 11.7 Å². The third-order valence-electron chi connectivity index (χ3n) is 5.03. The standard InChI is InChI=1S/C22H25BrClFN2OS/c23-18-6-1-4-16(12-18)13-27-10-3-5-17(14-27)22(28)26-9-11-29-15-19-20(24)7-2-8-21(19)25/h1-2,4,6-8,12,17H,3,5,9-11,13-15H2,(H,26,28). The zero-order valence-electron chi connectivity index (χ0n) is 16.2. The topological polar surface area (TPSA) is 32.3 Å². The Kier molecular flexibility index (Phi) is 8.85. The quantitative estimate of drug-likeness (QED) is 0.487. The molecule has 0 bridgehead atoms. The Morgan fingerprint density at radius 3 is 2.93 bits per heavy atom. The van der Waals surface area contributed by atoms with Crippen LogP contribution in [0.4, 0.5) is 4.39 Å². The number of carbonyl (C=O) groups excluding carboxylic acids is 1. The summed E-state index contributed by atoms with van der Waals surface area (Å²) in [6.07, 6.45) is 1.96. The van der Waals surface area contributed by atoms with Gasteiger partial charge in [0.2, 0.25) is 5.91 Å². The number of hydrogen-bond donors (Lipinski definition) is 1. The SMILES string of the molecule is O=C(NCCSCc1c(F)cccc1Cl)C1CCCN(Cc2cccc(Br)c2)C1. The lowest BCUT2D eigenvalue weighted by atomic mass is 9.96. The van der Waals surface area contributed by atoms with Crippen molar-refractivity contribution in [2.45, 2.75) is 25.1 Å². The van der Waals surface area contributed by atoms with Crippen molar-refractivity contribution in [2.75, 3.05) is 25.4 Å². The van der Waals surface area contributed by atoms with Crippen LogP contribution in [0.25, 0.3) is 0 Å².